The number of ether oxygens (including phenoxy) is 1. The van der Waals surface area contributed by atoms with Gasteiger partial charge in [0.2, 0.25) is 5.91 Å². The lowest BCUT2D eigenvalue weighted by molar-refractivity contribution is -0.155. The molecule has 0 radical (unpaired) electrons. The van der Waals surface area contributed by atoms with E-state index in [1.54, 1.807) is 11.8 Å². The summed E-state index contributed by atoms with van der Waals surface area (Å²) >= 11 is 1.60. The molecule has 1 aliphatic carbocycles. The van der Waals surface area contributed by atoms with Gasteiger partial charge in [-0.2, -0.15) is 0 Å². The minimum absolute atomic E-state index is 0.0492. The highest BCUT2D eigenvalue weighted by atomic mass is 32.2. The number of carbonyl (C=O) groups excluding carboxylic acids is 2. The fraction of sp³-hybridized carbons (Fsp3) is 0.444. The molecule has 1 aliphatic rings. The maximum Gasteiger partial charge on any atom is 0.326 e. The van der Waals surface area contributed by atoms with Gasteiger partial charge in [0.25, 0.3) is 0 Å². The van der Waals surface area contributed by atoms with Crippen molar-refractivity contribution in [2.75, 3.05) is 12.3 Å². The number of rotatable bonds is 10. The zero-order valence-electron chi connectivity index (χ0n) is 20.1. The van der Waals surface area contributed by atoms with E-state index >= 15 is 0 Å². The summed E-state index contributed by atoms with van der Waals surface area (Å²) in [5.41, 5.74) is 2.35. The Balaban J connectivity index is 1.33. The molecule has 1 aromatic heterocycles. The number of hydrogen-bond donors (Lipinski definition) is 1. The average Bonchev–Trinajstić information content (AvgIpc) is 3.56. The van der Waals surface area contributed by atoms with Crippen molar-refractivity contribution in [2.45, 2.75) is 63.3 Å². The number of para-hydroxylation sites is 2. The molecule has 1 N–H and O–H groups in total. The monoisotopic (exact) mass is 479 g/mol. The van der Waals surface area contributed by atoms with Crippen molar-refractivity contribution < 1.29 is 14.3 Å². The van der Waals surface area contributed by atoms with Gasteiger partial charge in [-0.25, -0.2) is 4.98 Å². The third-order valence-corrected chi connectivity index (χ3v) is 6.78. The first-order chi connectivity index (χ1) is 16.3. The van der Waals surface area contributed by atoms with E-state index in [9.17, 15) is 9.59 Å². The highest BCUT2D eigenvalue weighted by Crippen LogP contribution is 2.42. The lowest BCUT2D eigenvalue weighted by atomic mass is 9.93. The van der Waals surface area contributed by atoms with E-state index in [0.717, 1.165) is 46.8 Å². The van der Waals surface area contributed by atoms with Gasteiger partial charge in [0.15, 0.2) is 5.16 Å². The van der Waals surface area contributed by atoms with Crippen LogP contribution in [0.4, 0.5) is 0 Å². The molecule has 180 valence electrons. The highest BCUT2D eigenvalue weighted by Gasteiger charge is 2.36. The second kappa shape index (κ2) is 10.6. The van der Waals surface area contributed by atoms with E-state index in [1.807, 2.05) is 79.9 Å². The Morgan fingerprint density at radius 1 is 1.12 bits per heavy atom. The topological polar surface area (TPSA) is 73.2 Å². The van der Waals surface area contributed by atoms with Crippen molar-refractivity contribution in [2.24, 2.45) is 5.92 Å². The molecule has 3 aromatic rings. The van der Waals surface area contributed by atoms with Gasteiger partial charge in [-0.15, -0.1) is 0 Å². The van der Waals surface area contributed by atoms with Crippen LogP contribution in [0, 0.1) is 5.92 Å². The summed E-state index contributed by atoms with van der Waals surface area (Å²) in [6.07, 6.45) is 3.06. The van der Waals surface area contributed by atoms with Gasteiger partial charge in [-0.1, -0.05) is 54.2 Å². The standard InChI is InChI=1S/C27H33N3O3S/c1-27(2,3)33-23(31)18-30-22-13-8-7-12-21(22)29-26(30)34-17-9-16-28-25(32)24(20-14-15-20)19-10-5-4-6-11-19/h4-8,10-13,20,24H,9,14-18H2,1-3H3,(H,28,32). The number of amides is 1. The summed E-state index contributed by atoms with van der Waals surface area (Å²) in [6, 6.07) is 17.9. The molecule has 4 rings (SSSR count). The number of nitrogens with zero attached hydrogens (tertiary/aromatic N) is 2. The molecular weight excluding hydrogens is 446 g/mol. The van der Waals surface area contributed by atoms with Gasteiger partial charge in [0, 0.05) is 12.3 Å². The van der Waals surface area contributed by atoms with E-state index in [4.69, 9.17) is 9.72 Å². The second-order valence-corrected chi connectivity index (χ2v) is 10.8. The summed E-state index contributed by atoms with van der Waals surface area (Å²) < 4.78 is 7.45. The van der Waals surface area contributed by atoms with E-state index in [2.05, 4.69) is 5.32 Å². The van der Waals surface area contributed by atoms with Crippen LogP contribution in [0.2, 0.25) is 0 Å². The number of thioether (sulfide) groups is 1. The van der Waals surface area contributed by atoms with Crippen molar-refractivity contribution >= 4 is 34.7 Å². The third kappa shape index (κ3) is 6.41. The van der Waals surface area contributed by atoms with E-state index in [1.165, 1.54) is 0 Å². The van der Waals surface area contributed by atoms with E-state index in [-0.39, 0.29) is 24.3 Å². The van der Waals surface area contributed by atoms with Crippen molar-refractivity contribution in [1.29, 1.82) is 0 Å². The van der Waals surface area contributed by atoms with Gasteiger partial charge in [-0.3, -0.25) is 9.59 Å². The minimum atomic E-state index is -0.531. The molecule has 0 saturated heterocycles. The van der Waals surface area contributed by atoms with Crippen LogP contribution in [-0.2, 0) is 20.9 Å². The van der Waals surface area contributed by atoms with Gasteiger partial charge >= 0.3 is 5.97 Å². The first-order valence-electron chi connectivity index (χ1n) is 11.9. The summed E-state index contributed by atoms with van der Waals surface area (Å²) in [5, 5.41) is 3.92. The molecule has 1 heterocycles. The normalized spacial score (nSPS) is 14.7. The van der Waals surface area contributed by atoms with Crippen LogP contribution in [-0.4, -0.2) is 39.3 Å². The quantitative estimate of drug-likeness (QED) is 0.247. The molecule has 34 heavy (non-hydrogen) atoms. The number of fused-ring (bicyclic) bond motifs is 1. The van der Waals surface area contributed by atoms with Crippen LogP contribution in [0.3, 0.4) is 0 Å². The lowest BCUT2D eigenvalue weighted by Gasteiger charge is -2.20. The molecule has 0 aliphatic heterocycles. The number of benzene rings is 2. The molecule has 0 spiro atoms. The molecule has 1 unspecified atom stereocenters. The van der Waals surface area contributed by atoms with Crippen LogP contribution in [0.1, 0.15) is 51.5 Å². The predicted octanol–water partition coefficient (Wildman–Crippen LogP) is 5.17. The number of esters is 1. The molecule has 2 aromatic carbocycles. The molecule has 6 nitrogen and oxygen atoms in total. The molecule has 1 atom stereocenters. The second-order valence-electron chi connectivity index (χ2n) is 9.77. The third-order valence-electron chi connectivity index (χ3n) is 5.71. The maximum atomic E-state index is 12.9. The van der Waals surface area contributed by atoms with Crippen molar-refractivity contribution in [1.82, 2.24) is 14.9 Å². The summed E-state index contributed by atoms with van der Waals surface area (Å²) in [4.78, 5) is 30.1. The Morgan fingerprint density at radius 3 is 2.53 bits per heavy atom. The minimum Gasteiger partial charge on any atom is -0.459 e. The van der Waals surface area contributed by atoms with Gasteiger partial charge in [-0.05, 0) is 63.6 Å². The summed E-state index contributed by atoms with van der Waals surface area (Å²) in [6.45, 7) is 6.34. The SMILES string of the molecule is CC(C)(C)OC(=O)Cn1c(SCCCNC(=O)C(c2ccccc2)C2CC2)nc2ccccc21. The summed E-state index contributed by atoms with van der Waals surface area (Å²) in [7, 11) is 0. The summed E-state index contributed by atoms with van der Waals surface area (Å²) in [5.74, 6) is 1.04. The average molecular weight is 480 g/mol. The molecule has 1 fully saturated rings. The number of hydrogen-bond acceptors (Lipinski definition) is 5. The van der Waals surface area contributed by atoms with E-state index < -0.39 is 5.60 Å². The Bertz CT molecular complexity index is 1130. The smallest absolute Gasteiger partial charge is 0.326 e. The number of aromatic nitrogens is 2. The Hall–Kier alpha value is -2.80. The van der Waals surface area contributed by atoms with Crippen LogP contribution in [0.5, 0.6) is 0 Å². The predicted molar refractivity (Wildman–Crippen MR) is 136 cm³/mol. The largest absolute Gasteiger partial charge is 0.459 e. The lowest BCUT2D eigenvalue weighted by Crippen LogP contribution is -2.31. The van der Waals surface area contributed by atoms with Gasteiger partial charge < -0.3 is 14.6 Å². The number of carbonyl (C=O) groups is 2. The van der Waals surface area contributed by atoms with E-state index in [0.29, 0.717) is 12.5 Å². The van der Waals surface area contributed by atoms with Crippen molar-refractivity contribution in [3.05, 3.63) is 60.2 Å². The first kappa shape index (κ1) is 24.3. The fourth-order valence-electron chi connectivity index (χ4n) is 4.10. The fourth-order valence-corrected chi connectivity index (χ4v) is 5.06. The van der Waals surface area contributed by atoms with Crippen LogP contribution in [0.15, 0.2) is 59.8 Å². The molecule has 1 saturated carbocycles. The Morgan fingerprint density at radius 2 is 1.82 bits per heavy atom. The zero-order chi connectivity index (χ0) is 24.1. The first-order valence-corrected chi connectivity index (χ1v) is 12.9. The van der Waals surface area contributed by atoms with Crippen LogP contribution < -0.4 is 5.32 Å². The van der Waals surface area contributed by atoms with Crippen molar-refractivity contribution in [3.63, 3.8) is 0 Å². The highest BCUT2D eigenvalue weighted by molar-refractivity contribution is 7.99. The number of nitrogens with one attached hydrogen (secondary N) is 1. The molecule has 1 amide bonds. The molecule has 7 heteroatoms. The van der Waals surface area contributed by atoms with Crippen molar-refractivity contribution in [3.8, 4) is 0 Å². The number of imidazole rings is 1. The maximum absolute atomic E-state index is 12.9. The zero-order valence-corrected chi connectivity index (χ0v) is 20.9. The van der Waals surface area contributed by atoms with Gasteiger partial charge in [0.1, 0.15) is 12.1 Å². The molecule has 0 bridgehead atoms. The van der Waals surface area contributed by atoms with Gasteiger partial charge in [0.05, 0.1) is 17.0 Å². The Kier molecular flexibility index (Phi) is 7.61. The van der Waals surface area contributed by atoms with Crippen LogP contribution >= 0.6 is 11.8 Å². The van der Waals surface area contributed by atoms with Crippen LogP contribution in [0.25, 0.3) is 11.0 Å². The molecular formula is C27H33N3O3S. The Labute approximate surface area is 205 Å².